The number of nitrogens with zero attached hydrogens (tertiary/aromatic N) is 4. The molecule has 8 heteroatoms. The highest BCUT2D eigenvalue weighted by molar-refractivity contribution is 7.99. The molecule has 2 aromatic rings. The smallest absolute Gasteiger partial charge is 0.303 e. The summed E-state index contributed by atoms with van der Waals surface area (Å²) < 4.78 is 11.6. The molecule has 0 amide bonds. The van der Waals surface area contributed by atoms with Crippen LogP contribution in [-0.2, 0) is 9.53 Å². The lowest BCUT2D eigenvalue weighted by Gasteiger charge is -2.08. The zero-order valence-corrected chi connectivity index (χ0v) is 13.0. The molecule has 0 unspecified atom stereocenters. The number of para-hydroxylation sites is 2. The Bertz CT molecular complexity index is 705. The summed E-state index contributed by atoms with van der Waals surface area (Å²) in [6.07, 6.45) is 0. The maximum Gasteiger partial charge on any atom is 0.303 e. The molecule has 0 saturated heterocycles. The van der Waals surface area contributed by atoms with Crippen molar-refractivity contribution in [2.75, 3.05) is 19.5 Å². The predicted molar refractivity (Wildman–Crippen MR) is 80.8 cm³/mol. The fourth-order valence-electron chi connectivity index (χ4n) is 1.57. The highest BCUT2D eigenvalue weighted by Crippen LogP contribution is 2.25. The molecular formula is C14H14N4O3S. The van der Waals surface area contributed by atoms with Crippen LogP contribution in [0.1, 0.15) is 6.92 Å². The maximum atomic E-state index is 10.6. The minimum absolute atomic E-state index is 0.0906. The van der Waals surface area contributed by atoms with E-state index in [1.807, 2.05) is 24.3 Å². The number of hydrogen-bond acceptors (Lipinski definition) is 7. The third kappa shape index (κ3) is 4.23. The van der Waals surface area contributed by atoms with Crippen LogP contribution in [0.2, 0.25) is 0 Å². The number of benzene rings is 1. The van der Waals surface area contributed by atoms with Gasteiger partial charge in [-0.1, -0.05) is 35.7 Å². The quantitative estimate of drug-likeness (QED) is 0.467. The number of esters is 1. The zero-order valence-electron chi connectivity index (χ0n) is 12.1. The normalized spacial score (nSPS) is 9.73. The van der Waals surface area contributed by atoms with Gasteiger partial charge in [0.25, 0.3) is 0 Å². The van der Waals surface area contributed by atoms with Gasteiger partial charge < -0.3 is 9.47 Å². The Morgan fingerprint density at radius 3 is 2.95 bits per heavy atom. The van der Waals surface area contributed by atoms with Gasteiger partial charge in [0.05, 0.1) is 12.9 Å². The molecule has 114 valence electrons. The topological polar surface area (TPSA) is 79.1 Å². The molecular weight excluding hydrogens is 304 g/mol. The van der Waals surface area contributed by atoms with E-state index < -0.39 is 0 Å². The molecule has 0 fully saturated rings. The van der Waals surface area contributed by atoms with E-state index >= 15 is 0 Å². The van der Waals surface area contributed by atoms with Gasteiger partial charge in [-0.3, -0.25) is 4.79 Å². The Hall–Kier alpha value is -2.53. The predicted octanol–water partition coefficient (Wildman–Crippen LogP) is 1.33. The highest BCUT2D eigenvalue weighted by atomic mass is 32.2. The van der Waals surface area contributed by atoms with Crippen molar-refractivity contribution in [2.45, 2.75) is 12.1 Å². The molecule has 7 nitrogen and oxygen atoms in total. The summed E-state index contributed by atoms with van der Waals surface area (Å²) in [5.41, 5.74) is 0.755. The molecule has 1 heterocycles. The van der Waals surface area contributed by atoms with Crippen LogP contribution in [0, 0.1) is 11.8 Å². The van der Waals surface area contributed by atoms with Crippen LogP contribution in [0.3, 0.4) is 0 Å². The first-order chi connectivity index (χ1) is 10.7. The summed E-state index contributed by atoms with van der Waals surface area (Å²) in [4.78, 5) is 10.6. The van der Waals surface area contributed by atoms with Crippen molar-refractivity contribution in [3.05, 3.63) is 24.3 Å². The average molecular weight is 318 g/mol. The molecule has 1 aromatic heterocycles. The number of carbonyl (C=O) groups excluding carboxylic acids is 1. The van der Waals surface area contributed by atoms with Crippen LogP contribution in [0.25, 0.3) is 5.69 Å². The van der Waals surface area contributed by atoms with Gasteiger partial charge in [-0.05, 0) is 22.6 Å². The Labute approximate surface area is 132 Å². The minimum Gasteiger partial charge on any atom is -0.494 e. The molecule has 2 rings (SSSR count). The van der Waals surface area contributed by atoms with Crippen molar-refractivity contribution >= 4 is 17.7 Å². The standard InChI is InChI=1S/C14H14N4O3S/c1-11(19)21-9-5-6-10-22-14-15-16-17-18(14)12-7-3-4-8-13(12)20-2/h3-4,7-8H,9-10H2,1-2H3. The lowest BCUT2D eigenvalue weighted by atomic mass is 10.3. The van der Waals surface area contributed by atoms with Gasteiger partial charge in [0.2, 0.25) is 5.16 Å². The van der Waals surface area contributed by atoms with Crippen molar-refractivity contribution in [3.8, 4) is 23.3 Å². The monoisotopic (exact) mass is 318 g/mol. The molecule has 0 saturated carbocycles. The molecule has 0 atom stereocenters. The van der Waals surface area contributed by atoms with E-state index in [9.17, 15) is 4.79 Å². The SMILES string of the molecule is COc1ccccc1-n1nnnc1SCC#CCOC(C)=O. The highest BCUT2D eigenvalue weighted by Gasteiger charge is 2.12. The number of hydrogen-bond donors (Lipinski definition) is 0. The van der Waals surface area contributed by atoms with Gasteiger partial charge in [0.1, 0.15) is 11.4 Å². The largest absolute Gasteiger partial charge is 0.494 e. The Morgan fingerprint density at radius 1 is 1.36 bits per heavy atom. The van der Waals surface area contributed by atoms with E-state index in [-0.39, 0.29) is 12.6 Å². The Kier molecular flexibility index (Phi) is 5.80. The van der Waals surface area contributed by atoms with Gasteiger partial charge in [-0.15, -0.1) is 5.10 Å². The second kappa shape index (κ2) is 8.05. The van der Waals surface area contributed by atoms with Crippen molar-refractivity contribution in [3.63, 3.8) is 0 Å². The molecule has 0 radical (unpaired) electrons. The minimum atomic E-state index is -0.345. The number of methoxy groups -OCH3 is 1. The average Bonchev–Trinajstić information content (AvgIpc) is 2.98. The van der Waals surface area contributed by atoms with E-state index in [4.69, 9.17) is 9.47 Å². The van der Waals surface area contributed by atoms with Crippen LogP contribution in [0.15, 0.2) is 29.4 Å². The molecule has 0 bridgehead atoms. The fraction of sp³-hybridized carbons (Fsp3) is 0.286. The summed E-state index contributed by atoms with van der Waals surface area (Å²) in [7, 11) is 1.59. The first-order valence-electron chi connectivity index (χ1n) is 6.36. The number of rotatable bonds is 5. The fourth-order valence-corrected chi connectivity index (χ4v) is 2.22. The van der Waals surface area contributed by atoms with Gasteiger partial charge in [-0.2, -0.15) is 4.68 Å². The first kappa shape index (κ1) is 15.9. The van der Waals surface area contributed by atoms with Crippen molar-refractivity contribution in [1.29, 1.82) is 0 Å². The van der Waals surface area contributed by atoms with Crippen LogP contribution in [0.5, 0.6) is 5.75 Å². The zero-order chi connectivity index (χ0) is 15.8. The molecule has 0 aliphatic rings. The summed E-state index contributed by atoms with van der Waals surface area (Å²) in [5, 5.41) is 12.2. The van der Waals surface area contributed by atoms with E-state index in [1.54, 1.807) is 11.8 Å². The second-order valence-corrected chi connectivity index (χ2v) is 4.91. The van der Waals surface area contributed by atoms with Crippen LogP contribution in [-0.4, -0.2) is 45.6 Å². The number of carbonyl (C=O) groups is 1. The third-order valence-electron chi connectivity index (χ3n) is 2.50. The molecule has 22 heavy (non-hydrogen) atoms. The second-order valence-electron chi connectivity index (χ2n) is 3.97. The van der Waals surface area contributed by atoms with E-state index in [2.05, 4.69) is 27.4 Å². The van der Waals surface area contributed by atoms with Gasteiger partial charge in [0, 0.05) is 6.92 Å². The lowest BCUT2D eigenvalue weighted by Crippen LogP contribution is -2.02. The lowest BCUT2D eigenvalue weighted by molar-refractivity contribution is -0.139. The van der Waals surface area contributed by atoms with Crippen LogP contribution in [0.4, 0.5) is 0 Å². The van der Waals surface area contributed by atoms with Crippen LogP contribution < -0.4 is 4.74 Å². The van der Waals surface area contributed by atoms with Crippen molar-refractivity contribution < 1.29 is 14.3 Å². The number of thioether (sulfide) groups is 1. The molecule has 0 N–H and O–H groups in total. The van der Waals surface area contributed by atoms with Gasteiger partial charge in [-0.25, -0.2) is 0 Å². The number of ether oxygens (including phenoxy) is 2. The maximum absolute atomic E-state index is 10.6. The molecule has 0 spiro atoms. The van der Waals surface area contributed by atoms with E-state index in [1.165, 1.54) is 18.7 Å². The Morgan fingerprint density at radius 2 is 2.18 bits per heavy atom. The summed E-state index contributed by atoms with van der Waals surface area (Å²) >= 11 is 1.38. The van der Waals surface area contributed by atoms with Gasteiger partial charge in [0.15, 0.2) is 6.61 Å². The van der Waals surface area contributed by atoms with Crippen molar-refractivity contribution in [2.24, 2.45) is 0 Å². The van der Waals surface area contributed by atoms with Gasteiger partial charge >= 0.3 is 5.97 Å². The summed E-state index contributed by atoms with van der Waals surface area (Å²) in [6, 6.07) is 7.46. The molecule has 0 aliphatic heterocycles. The van der Waals surface area contributed by atoms with E-state index in [0.29, 0.717) is 16.7 Å². The molecule has 1 aromatic carbocycles. The third-order valence-corrected chi connectivity index (χ3v) is 3.30. The summed E-state index contributed by atoms with van der Waals surface area (Å²) in [5.74, 6) is 6.44. The molecule has 0 aliphatic carbocycles. The number of aromatic nitrogens is 4. The van der Waals surface area contributed by atoms with E-state index in [0.717, 1.165) is 5.69 Å². The first-order valence-corrected chi connectivity index (χ1v) is 7.34. The summed E-state index contributed by atoms with van der Waals surface area (Å²) in [6.45, 7) is 1.44. The number of tetrazole rings is 1. The van der Waals surface area contributed by atoms with Crippen LogP contribution >= 0.6 is 11.8 Å². The van der Waals surface area contributed by atoms with Crippen molar-refractivity contribution in [1.82, 2.24) is 20.2 Å². The Balaban J connectivity index is 2.02.